The van der Waals surface area contributed by atoms with Crippen LogP contribution in [0.2, 0.25) is 5.02 Å². The van der Waals surface area contributed by atoms with Crippen LogP contribution in [0.1, 0.15) is 13.3 Å². The number of nitrogens with zero attached hydrogens (tertiary/aromatic N) is 1. The van der Waals surface area contributed by atoms with Gasteiger partial charge in [0, 0.05) is 48.8 Å². The fourth-order valence-corrected chi connectivity index (χ4v) is 2.58. The minimum atomic E-state index is -0.173. The van der Waals surface area contributed by atoms with Crippen LogP contribution in [0.25, 0.3) is 0 Å². The van der Waals surface area contributed by atoms with E-state index in [-0.39, 0.29) is 18.0 Å². The summed E-state index contributed by atoms with van der Waals surface area (Å²) in [5.74, 6) is 0.691. The molecular formula is C15H22ClN3O2S. The number of carbonyl (C=O) groups is 2. The topological polar surface area (TPSA) is 61.4 Å². The Labute approximate surface area is 140 Å². The molecular weight excluding hydrogens is 322 g/mol. The Morgan fingerprint density at radius 3 is 2.55 bits per heavy atom. The Morgan fingerprint density at radius 1 is 1.32 bits per heavy atom. The van der Waals surface area contributed by atoms with Crippen LogP contribution in [0.4, 0.5) is 4.79 Å². The van der Waals surface area contributed by atoms with E-state index in [1.165, 1.54) is 0 Å². The molecule has 0 unspecified atom stereocenters. The number of urea groups is 1. The lowest BCUT2D eigenvalue weighted by Crippen LogP contribution is -2.44. The molecule has 1 aromatic rings. The van der Waals surface area contributed by atoms with Gasteiger partial charge in [0.15, 0.2) is 0 Å². The average Bonchev–Trinajstić information content (AvgIpc) is 2.51. The molecule has 0 bridgehead atoms. The lowest BCUT2D eigenvalue weighted by atomic mass is 10.2. The lowest BCUT2D eigenvalue weighted by molar-refractivity contribution is -0.121. The Morgan fingerprint density at radius 2 is 1.95 bits per heavy atom. The molecule has 1 rings (SSSR count). The molecule has 0 aliphatic heterocycles. The molecule has 0 aromatic heterocycles. The molecule has 0 saturated carbocycles. The van der Waals surface area contributed by atoms with Gasteiger partial charge in [-0.05, 0) is 31.2 Å². The number of rotatable bonds is 7. The number of thioether (sulfide) groups is 1. The molecule has 0 radical (unpaired) electrons. The van der Waals surface area contributed by atoms with Gasteiger partial charge in [0.2, 0.25) is 5.91 Å². The smallest absolute Gasteiger partial charge is 0.317 e. The number of amides is 3. The van der Waals surface area contributed by atoms with Gasteiger partial charge in [0.05, 0.1) is 0 Å². The molecule has 1 aromatic carbocycles. The fourth-order valence-electron chi connectivity index (χ4n) is 1.69. The van der Waals surface area contributed by atoms with Gasteiger partial charge < -0.3 is 15.5 Å². The SMILES string of the molecule is CNC(=O)C[C@@H](C)N(C)C(=O)NCCSc1ccc(Cl)cc1. The van der Waals surface area contributed by atoms with Gasteiger partial charge in [0.25, 0.3) is 0 Å². The third-order valence-electron chi connectivity index (χ3n) is 3.20. The third kappa shape index (κ3) is 6.58. The summed E-state index contributed by atoms with van der Waals surface area (Å²) in [4.78, 5) is 25.9. The van der Waals surface area contributed by atoms with Crippen LogP contribution in [0.3, 0.4) is 0 Å². The van der Waals surface area contributed by atoms with Crippen LogP contribution >= 0.6 is 23.4 Å². The van der Waals surface area contributed by atoms with Gasteiger partial charge in [-0.25, -0.2) is 4.79 Å². The van der Waals surface area contributed by atoms with Crippen molar-refractivity contribution >= 4 is 35.3 Å². The van der Waals surface area contributed by atoms with Crippen LogP contribution in [0, 0.1) is 0 Å². The normalized spacial score (nSPS) is 11.6. The van der Waals surface area contributed by atoms with Gasteiger partial charge in [-0.2, -0.15) is 0 Å². The number of hydrogen-bond acceptors (Lipinski definition) is 3. The van der Waals surface area contributed by atoms with E-state index >= 15 is 0 Å². The predicted octanol–water partition coefficient (Wildman–Crippen LogP) is 2.60. The van der Waals surface area contributed by atoms with Gasteiger partial charge in [-0.3, -0.25) is 4.79 Å². The lowest BCUT2D eigenvalue weighted by Gasteiger charge is -2.24. The molecule has 2 N–H and O–H groups in total. The molecule has 0 aliphatic carbocycles. The van der Waals surface area contributed by atoms with Gasteiger partial charge in [0.1, 0.15) is 0 Å². The Bertz CT molecular complexity index is 496. The van der Waals surface area contributed by atoms with E-state index in [0.29, 0.717) is 18.0 Å². The van der Waals surface area contributed by atoms with E-state index in [1.54, 1.807) is 30.8 Å². The summed E-state index contributed by atoms with van der Waals surface area (Å²) in [6, 6.07) is 7.27. The number of hydrogen-bond donors (Lipinski definition) is 2. The average molecular weight is 344 g/mol. The Kier molecular flexibility index (Phi) is 8.12. The van der Waals surface area contributed by atoms with Crippen molar-refractivity contribution in [3.05, 3.63) is 29.3 Å². The van der Waals surface area contributed by atoms with E-state index in [1.807, 2.05) is 31.2 Å². The molecule has 3 amide bonds. The highest BCUT2D eigenvalue weighted by molar-refractivity contribution is 7.99. The summed E-state index contributed by atoms with van der Waals surface area (Å²) in [5, 5.41) is 6.11. The van der Waals surface area contributed by atoms with E-state index in [0.717, 1.165) is 10.6 Å². The summed E-state index contributed by atoms with van der Waals surface area (Å²) in [6.07, 6.45) is 0.292. The van der Waals surface area contributed by atoms with Crippen molar-refractivity contribution in [1.29, 1.82) is 0 Å². The first-order valence-electron chi connectivity index (χ1n) is 7.03. The van der Waals surface area contributed by atoms with Crippen molar-refractivity contribution in [3.63, 3.8) is 0 Å². The minimum Gasteiger partial charge on any atom is -0.359 e. The van der Waals surface area contributed by atoms with Crippen LogP contribution in [0.5, 0.6) is 0 Å². The van der Waals surface area contributed by atoms with Gasteiger partial charge in [-0.15, -0.1) is 11.8 Å². The minimum absolute atomic E-state index is 0.0783. The second-order valence-electron chi connectivity index (χ2n) is 4.87. The van der Waals surface area contributed by atoms with Crippen LogP contribution in [-0.2, 0) is 4.79 Å². The number of benzene rings is 1. The maximum Gasteiger partial charge on any atom is 0.317 e. The predicted molar refractivity (Wildman–Crippen MR) is 91.5 cm³/mol. The highest BCUT2D eigenvalue weighted by atomic mass is 35.5. The zero-order chi connectivity index (χ0) is 16.5. The molecule has 0 fully saturated rings. The zero-order valence-electron chi connectivity index (χ0n) is 13.1. The summed E-state index contributed by atoms with van der Waals surface area (Å²) >= 11 is 7.47. The number of halogens is 1. The van der Waals surface area contributed by atoms with E-state index in [2.05, 4.69) is 10.6 Å². The van der Waals surface area contributed by atoms with Crippen molar-refractivity contribution < 1.29 is 9.59 Å². The summed E-state index contributed by atoms with van der Waals surface area (Å²) < 4.78 is 0. The second kappa shape index (κ2) is 9.58. The van der Waals surface area contributed by atoms with E-state index in [9.17, 15) is 9.59 Å². The molecule has 122 valence electrons. The molecule has 0 saturated heterocycles. The van der Waals surface area contributed by atoms with Crippen molar-refractivity contribution in [1.82, 2.24) is 15.5 Å². The number of carbonyl (C=O) groups excluding carboxylic acids is 2. The second-order valence-corrected chi connectivity index (χ2v) is 6.48. The molecule has 5 nitrogen and oxygen atoms in total. The highest BCUT2D eigenvalue weighted by Crippen LogP contribution is 2.19. The molecule has 7 heteroatoms. The standard InChI is InChI=1S/C15H22ClN3O2S/c1-11(10-14(20)17-2)19(3)15(21)18-8-9-22-13-6-4-12(16)5-7-13/h4-7,11H,8-10H2,1-3H3,(H,17,20)(H,18,21)/t11-/m1/s1. The maximum absolute atomic E-state index is 12.0. The molecule has 0 spiro atoms. The zero-order valence-corrected chi connectivity index (χ0v) is 14.6. The summed E-state index contributed by atoms with van der Waals surface area (Å²) in [5.41, 5.74) is 0. The molecule has 0 heterocycles. The third-order valence-corrected chi connectivity index (χ3v) is 4.47. The van der Waals surface area contributed by atoms with Crippen LogP contribution < -0.4 is 10.6 Å². The van der Waals surface area contributed by atoms with Crippen molar-refractivity contribution in [2.24, 2.45) is 0 Å². The van der Waals surface area contributed by atoms with Crippen molar-refractivity contribution in [3.8, 4) is 0 Å². The monoisotopic (exact) mass is 343 g/mol. The summed E-state index contributed by atoms with van der Waals surface area (Å²) in [6.45, 7) is 2.40. The first kappa shape index (κ1) is 18.6. The van der Waals surface area contributed by atoms with E-state index in [4.69, 9.17) is 11.6 Å². The van der Waals surface area contributed by atoms with Crippen LogP contribution in [-0.4, -0.2) is 49.3 Å². The fraction of sp³-hybridized carbons (Fsp3) is 0.467. The van der Waals surface area contributed by atoms with Crippen LogP contribution in [0.15, 0.2) is 29.2 Å². The molecule has 1 atom stereocenters. The Hall–Kier alpha value is -1.40. The van der Waals surface area contributed by atoms with Crippen molar-refractivity contribution in [2.75, 3.05) is 26.4 Å². The van der Waals surface area contributed by atoms with Gasteiger partial charge >= 0.3 is 6.03 Å². The van der Waals surface area contributed by atoms with E-state index < -0.39 is 0 Å². The largest absolute Gasteiger partial charge is 0.359 e. The molecule has 0 aliphatic rings. The highest BCUT2D eigenvalue weighted by Gasteiger charge is 2.17. The Balaban J connectivity index is 2.27. The number of nitrogens with one attached hydrogen (secondary N) is 2. The molecule has 22 heavy (non-hydrogen) atoms. The van der Waals surface area contributed by atoms with Gasteiger partial charge in [-0.1, -0.05) is 11.6 Å². The summed E-state index contributed by atoms with van der Waals surface area (Å²) in [7, 11) is 3.28. The first-order valence-corrected chi connectivity index (χ1v) is 8.40. The van der Waals surface area contributed by atoms with Crippen molar-refractivity contribution in [2.45, 2.75) is 24.3 Å². The first-order chi connectivity index (χ1) is 10.4. The quantitative estimate of drug-likeness (QED) is 0.591. The maximum atomic E-state index is 12.0.